The highest BCUT2D eigenvalue weighted by Crippen LogP contribution is 2.28. The Kier molecular flexibility index (Phi) is 6.44. The molecule has 3 rings (SSSR count). The van der Waals surface area contributed by atoms with Crippen molar-refractivity contribution in [2.24, 2.45) is 0 Å². The Balaban J connectivity index is 1.47. The van der Waals surface area contributed by atoms with Crippen LogP contribution in [0.3, 0.4) is 0 Å². The number of thioether (sulfide) groups is 1. The predicted octanol–water partition coefficient (Wildman–Crippen LogP) is 3.90. The molecule has 132 valence electrons. The molecule has 2 aliphatic heterocycles. The monoisotopic (exact) mass is 347 g/mol. The first-order chi connectivity index (χ1) is 11.8. The Hall–Kier alpha value is -1.20. The number of hydrogen-bond donors (Lipinski definition) is 1. The largest absolute Gasteiger partial charge is 0.324 e. The summed E-state index contributed by atoms with van der Waals surface area (Å²) in [7, 11) is 0. The molecule has 0 radical (unpaired) electrons. The molecular weight excluding hydrogens is 318 g/mol. The lowest BCUT2D eigenvalue weighted by Gasteiger charge is -2.39. The predicted molar refractivity (Wildman–Crippen MR) is 103 cm³/mol. The highest BCUT2D eigenvalue weighted by molar-refractivity contribution is 7.99. The third-order valence-corrected chi connectivity index (χ3v) is 6.21. The Labute approximate surface area is 150 Å². The first-order valence-corrected chi connectivity index (χ1v) is 10.4. The van der Waals surface area contributed by atoms with Crippen LogP contribution in [-0.4, -0.2) is 59.1 Å². The summed E-state index contributed by atoms with van der Waals surface area (Å²) in [5.74, 6) is 2.48. The molecule has 0 aliphatic carbocycles. The Morgan fingerprint density at radius 3 is 2.62 bits per heavy atom. The van der Waals surface area contributed by atoms with Crippen molar-refractivity contribution in [3.8, 4) is 0 Å². The number of nitrogens with one attached hydrogen (secondary N) is 1. The van der Waals surface area contributed by atoms with Crippen LogP contribution in [-0.2, 0) is 0 Å². The van der Waals surface area contributed by atoms with Crippen molar-refractivity contribution in [3.63, 3.8) is 0 Å². The van der Waals surface area contributed by atoms with Gasteiger partial charge in [-0.2, -0.15) is 11.8 Å². The molecule has 0 spiro atoms. The Morgan fingerprint density at radius 2 is 1.92 bits per heavy atom. The van der Waals surface area contributed by atoms with Gasteiger partial charge in [0.25, 0.3) is 0 Å². The van der Waals surface area contributed by atoms with Crippen molar-refractivity contribution >= 4 is 23.5 Å². The summed E-state index contributed by atoms with van der Waals surface area (Å²) in [6.07, 6.45) is 4.90. The van der Waals surface area contributed by atoms with E-state index in [1.807, 2.05) is 35.2 Å². The number of nitrogens with zero attached hydrogens (tertiary/aromatic N) is 2. The van der Waals surface area contributed by atoms with Crippen molar-refractivity contribution in [2.75, 3.05) is 36.5 Å². The zero-order chi connectivity index (χ0) is 16.8. The number of carbonyl (C=O) groups is 1. The van der Waals surface area contributed by atoms with Gasteiger partial charge in [0.1, 0.15) is 0 Å². The molecule has 1 aromatic rings. The van der Waals surface area contributed by atoms with Crippen LogP contribution in [0.25, 0.3) is 0 Å². The Bertz CT molecular complexity index is 517. The number of hydrogen-bond acceptors (Lipinski definition) is 3. The average Bonchev–Trinajstić information content (AvgIpc) is 3.09. The van der Waals surface area contributed by atoms with E-state index in [1.165, 1.54) is 30.9 Å². The number of para-hydroxylation sites is 1. The van der Waals surface area contributed by atoms with Crippen LogP contribution in [0.1, 0.15) is 32.6 Å². The molecule has 2 saturated heterocycles. The highest BCUT2D eigenvalue weighted by atomic mass is 32.2. The van der Waals surface area contributed by atoms with Crippen LogP contribution in [0, 0.1) is 0 Å². The van der Waals surface area contributed by atoms with Gasteiger partial charge in [0, 0.05) is 36.6 Å². The fourth-order valence-corrected chi connectivity index (χ4v) is 4.76. The summed E-state index contributed by atoms with van der Waals surface area (Å²) in [6.45, 7) is 5.23. The van der Waals surface area contributed by atoms with Gasteiger partial charge in [0.2, 0.25) is 0 Å². The zero-order valence-corrected chi connectivity index (χ0v) is 15.4. The van der Waals surface area contributed by atoms with Crippen molar-refractivity contribution in [1.82, 2.24) is 9.80 Å². The van der Waals surface area contributed by atoms with Gasteiger partial charge in [-0.15, -0.1) is 0 Å². The molecule has 1 atom stereocenters. The lowest BCUT2D eigenvalue weighted by molar-refractivity contribution is 0.118. The van der Waals surface area contributed by atoms with Crippen molar-refractivity contribution < 1.29 is 4.79 Å². The second-order valence-corrected chi connectivity index (χ2v) is 8.03. The highest BCUT2D eigenvalue weighted by Gasteiger charge is 2.33. The zero-order valence-electron chi connectivity index (χ0n) is 14.6. The maximum Gasteiger partial charge on any atom is 0.321 e. The summed E-state index contributed by atoms with van der Waals surface area (Å²) in [4.78, 5) is 17.1. The van der Waals surface area contributed by atoms with Crippen LogP contribution < -0.4 is 5.32 Å². The van der Waals surface area contributed by atoms with E-state index >= 15 is 0 Å². The second-order valence-electron chi connectivity index (χ2n) is 6.71. The smallest absolute Gasteiger partial charge is 0.321 e. The molecule has 4 nitrogen and oxygen atoms in total. The summed E-state index contributed by atoms with van der Waals surface area (Å²) < 4.78 is 0. The number of likely N-dealkylation sites (tertiary alicyclic amines) is 2. The molecule has 2 fully saturated rings. The van der Waals surface area contributed by atoms with E-state index < -0.39 is 0 Å². The van der Waals surface area contributed by atoms with Gasteiger partial charge < -0.3 is 10.2 Å². The number of carbonyl (C=O) groups excluding carboxylic acids is 1. The maximum atomic E-state index is 12.4. The summed E-state index contributed by atoms with van der Waals surface area (Å²) in [5.41, 5.74) is 0.876. The topological polar surface area (TPSA) is 35.6 Å². The molecule has 2 aliphatic rings. The van der Waals surface area contributed by atoms with Crippen molar-refractivity contribution in [1.29, 1.82) is 0 Å². The molecule has 1 aromatic carbocycles. The molecule has 5 heteroatoms. The van der Waals surface area contributed by atoms with Crippen molar-refractivity contribution in [3.05, 3.63) is 30.3 Å². The SMILES string of the molecule is CCSC[C@H]1CCCN1C1CCN(C(=O)Nc2ccccc2)CC1. The first kappa shape index (κ1) is 17.6. The molecule has 2 heterocycles. The number of piperidine rings is 1. The second kappa shape index (κ2) is 8.77. The van der Waals surface area contributed by atoms with Gasteiger partial charge in [0.05, 0.1) is 0 Å². The van der Waals surface area contributed by atoms with Crippen molar-refractivity contribution in [2.45, 2.75) is 44.7 Å². The van der Waals surface area contributed by atoms with Gasteiger partial charge in [-0.1, -0.05) is 25.1 Å². The minimum Gasteiger partial charge on any atom is -0.324 e. The van der Waals surface area contributed by atoms with Crippen LogP contribution in [0.15, 0.2) is 30.3 Å². The summed E-state index contributed by atoms with van der Waals surface area (Å²) in [6, 6.07) is 11.2. The molecule has 0 aromatic heterocycles. The summed E-state index contributed by atoms with van der Waals surface area (Å²) in [5, 5.41) is 3.00. The van der Waals surface area contributed by atoms with Gasteiger partial charge in [-0.05, 0) is 50.1 Å². The van der Waals surface area contributed by atoms with E-state index in [9.17, 15) is 4.79 Å². The van der Waals surface area contributed by atoms with Gasteiger partial charge >= 0.3 is 6.03 Å². The number of anilines is 1. The lowest BCUT2D eigenvalue weighted by Crippen LogP contribution is -2.49. The van der Waals surface area contributed by atoms with E-state index in [0.29, 0.717) is 6.04 Å². The summed E-state index contributed by atoms with van der Waals surface area (Å²) >= 11 is 2.06. The number of urea groups is 1. The van der Waals surface area contributed by atoms with Crippen LogP contribution in [0.4, 0.5) is 10.5 Å². The molecule has 2 amide bonds. The van der Waals surface area contributed by atoms with Gasteiger partial charge in [-0.25, -0.2) is 4.79 Å². The van der Waals surface area contributed by atoms with E-state index in [4.69, 9.17) is 0 Å². The number of benzene rings is 1. The minimum absolute atomic E-state index is 0.0409. The lowest BCUT2D eigenvalue weighted by atomic mass is 10.0. The molecule has 1 N–H and O–H groups in total. The van der Waals surface area contributed by atoms with E-state index in [1.54, 1.807) is 0 Å². The average molecular weight is 348 g/mol. The fraction of sp³-hybridized carbons (Fsp3) is 0.632. The normalized spacial score (nSPS) is 22.7. The fourth-order valence-electron chi connectivity index (χ4n) is 3.90. The van der Waals surface area contributed by atoms with E-state index in [-0.39, 0.29) is 6.03 Å². The molecule has 0 unspecified atom stereocenters. The Morgan fingerprint density at radius 1 is 1.17 bits per heavy atom. The number of rotatable bonds is 5. The standard InChI is InChI=1S/C19H29N3OS/c1-2-24-15-18-9-6-12-22(18)17-10-13-21(14-11-17)19(23)20-16-7-4-3-5-8-16/h3-5,7-8,17-18H,2,6,9-15H2,1H3,(H,20,23)/t18-/m1/s1. The molecular formula is C19H29N3OS. The molecule has 24 heavy (non-hydrogen) atoms. The quantitative estimate of drug-likeness (QED) is 0.877. The van der Waals surface area contributed by atoms with Gasteiger partial charge in [0.15, 0.2) is 0 Å². The third-order valence-electron chi connectivity index (χ3n) is 5.18. The van der Waals surface area contributed by atoms with E-state index in [2.05, 4.69) is 28.9 Å². The third kappa shape index (κ3) is 4.45. The molecule has 0 bridgehead atoms. The van der Waals surface area contributed by atoms with Crippen LogP contribution in [0.5, 0.6) is 0 Å². The molecule has 0 saturated carbocycles. The minimum atomic E-state index is 0.0409. The van der Waals surface area contributed by atoms with Crippen LogP contribution >= 0.6 is 11.8 Å². The van der Waals surface area contributed by atoms with Crippen LogP contribution in [0.2, 0.25) is 0 Å². The van der Waals surface area contributed by atoms with Gasteiger partial charge in [-0.3, -0.25) is 4.90 Å². The number of amides is 2. The first-order valence-electron chi connectivity index (χ1n) is 9.22. The maximum absolute atomic E-state index is 12.4. The van der Waals surface area contributed by atoms with E-state index in [0.717, 1.165) is 37.7 Å².